The average Bonchev–Trinajstić information content (AvgIpc) is 3.33. The third kappa shape index (κ3) is 4.38. The third-order valence-corrected chi connectivity index (χ3v) is 6.08. The minimum atomic E-state index is -0.556. The molecular formula is C23H25FN4O3S. The van der Waals surface area contributed by atoms with Crippen molar-refractivity contribution in [3.05, 3.63) is 63.7 Å². The maximum Gasteiger partial charge on any atom is 0.410 e. The van der Waals surface area contributed by atoms with E-state index in [1.165, 1.54) is 23.5 Å². The van der Waals surface area contributed by atoms with E-state index in [1.807, 2.05) is 39.2 Å². The molecule has 0 saturated heterocycles. The topological polar surface area (TPSA) is 76.5 Å². The van der Waals surface area contributed by atoms with Crippen LogP contribution in [0.5, 0.6) is 0 Å². The van der Waals surface area contributed by atoms with E-state index in [9.17, 15) is 14.0 Å². The second-order valence-electron chi connectivity index (χ2n) is 8.78. The Balaban J connectivity index is 1.47. The molecule has 2 amide bonds. The van der Waals surface area contributed by atoms with Crippen LogP contribution in [0.25, 0.3) is 5.69 Å². The van der Waals surface area contributed by atoms with Gasteiger partial charge in [-0.05, 0) is 65.0 Å². The van der Waals surface area contributed by atoms with E-state index in [0.717, 1.165) is 27.6 Å². The summed E-state index contributed by atoms with van der Waals surface area (Å²) in [7, 11) is 0. The highest BCUT2D eigenvalue weighted by molar-refractivity contribution is 7.16. The number of hydrogen-bond acceptors (Lipinski definition) is 5. The Morgan fingerprint density at radius 2 is 1.84 bits per heavy atom. The molecule has 0 bridgehead atoms. The zero-order valence-electron chi connectivity index (χ0n) is 18.7. The van der Waals surface area contributed by atoms with Crippen LogP contribution in [0.15, 0.2) is 30.3 Å². The highest BCUT2D eigenvalue weighted by atomic mass is 32.1. The van der Waals surface area contributed by atoms with Crippen molar-refractivity contribution < 1.29 is 18.7 Å². The first-order valence-corrected chi connectivity index (χ1v) is 11.1. The first-order chi connectivity index (χ1) is 15.0. The monoisotopic (exact) mass is 456 g/mol. The summed E-state index contributed by atoms with van der Waals surface area (Å²) < 4.78 is 20.6. The van der Waals surface area contributed by atoms with E-state index in [1.54, 1.807) is 23.1 Å². The fourth-order valence-electron chi connectivity index (χ4n) is 3.69. The van der Waals surface area contributed by atoms with Crippen LogP contribution >= 0.6 is 11.3 Å². The molecule has 0 spiro atoms. The van der Waals surface area contributed by atoms with Gasteiger partial charge in [0.15, 0.2) is 5.13 Å². The quantitative estimate of drug-likeness (QED) is 0.588. The summed E-state index contributed by atoms with van der Waals surface area (Å²) in [6.07, 6.45) is -0.374. The Labute approximate surface area is 189 Å². The number of rotatable bonds is 3. The maximum atomic E-state index is 13.3. The lowest BCUT2D eigenvalue weighted by molar-refractivity contribution is 0.0241. The number of benzene rings is 1. The molecular weight excluding hydrogens is 431 g/mol. The summed E-state index contributed by atoms with van der Waals surface area (Å²) in [6.45, 7) is 10.0. The number of thiazole rings is 1. The first-order valence-electron chi connectivity index (χ1n) is 10.2. The van der Waals surface area contributed by atoms with Gasteiger partial charge in [-0.1, -0.05) is 11.3 Å². The number of carbonyl (C=O) groups is 2. The zero-order chi connectivity index (χ0) is 23.2. The molecule has 9 heteroatoms. The van der Waals surface area contributed by atoms with Crippen LogP contribution in [-0.2, 0) is 17.8 Å². The van der Waals surface area contributed by atoms with Gasteiger partial charge < -0.3 is 9.30 Å². The lowest BCUT2D eigenvalue weighted by Crippen LogP contribution is -2.33. The minimum Gasteiger partial charge on any atom is -0.444 e. The molecule has 4 rings (SSSR count). The van der Waals surface area contributed by atoms with Gasteiger partial charge in [0.25, 0.3) is 5.91 Å². The Bertz CT molecular complexity index is 1170. The average molecular weight is 457 g/mol. The summed E-state index contributed by atoms with van der Waals surface area (Å²) in [5.41, 5.74) is 3.15. The SMILES string of the molecule is Cc1cc(C(=O)Nc2nc3c(s2)CN(C(=O)OC(C)(C)C)C3)c(C)n1-c1ccc(F)cc1. The van der Waals surface area contributed by atoms with Gasteiger partial charge in [-0.15, -0.1) is 0 Å². The fraction of sp³-hybridized carbons (Fsp3) is 0.348. The summed E-state index contributed by atoms with van der Waals surface area (Å²) in [5.74, 6) is -0.570. The van der Waals surface area contributed by atoms with E-state index in [4.69, 9.17) is 4.74 Å². The van der Waals surface area contributed by atoms with Crippen molar-refractivity contribution in [2.45, 2.75) is 53.3 Å². The summed E-state index contributed by atoms with van der Waals surface area (Å²) in [4.78, 5) is 32.2. The van der Waals surface area contributed by atoms with Crippen LogP contribution in [0.2, 0.25) is 0 Å². The van der Waals surface area contributed by atoms with Crippen molar-refractivity contribution in [3.63, 3.8) is 0 Å². The molecule has 3 heterocycles. The van der Waals surface area contributed by atoms with Crippen LogP contribution in [0, 0.1) is 19.7 Å². The smallest absolute Gasteiger partial charge is 0.410 e. The van der Waals surface area contributed by atoms with Gasteiger partial charge in [0, 0.05) is 17.1 Å². The predicted molar refractivity (Wildman–Crippen MR) is 121 cm³/mol. The van der Waals surface area contributed by atoms with E-state index in [2.05, 4.69) is 10.3 Å². The molecule has 1 N–H and O–H groups in total. The Morgan fingerprint density at radius 1 is 1.16 bits per heavy atom. The number of aryl methyl sites for hydroxylation is 1. The molecule has 0 saturated carbocycles. The molecule has 168 valence electrons. The van der Waals surface area contributed by atoms with Crippen molar-refractivity contribution in [3.8, 4) is 5.69 Å². The largest absolute Gasteiger partial charge is 0.444 e. The van der Waals surface area contributed by atoms with Gasteiger partial charge in [-0.3, -0.25) is 15.0 Å². The molecule has 1 aromatic carbocycles. The summed E-state index contributed by atoms with van der Waals surface area (Å²) in [6, 6.07) is 7.95. The molecule has 0 unspecified atom stereocenters. The molecule has 2 aromatic heterocycles. The highest BCUT2D eigenvalue weighted by Crippen LogP contribution is 2.32. The maximum absolute atomic E-state index is 13.3. The number of hydrogen-bond donors (Lipinski definition) is 1. The number of ether oxygens (including phenoxy) is 1. The standard InChI is InChI=1S/C23H25FN4O3S/c1-13-10-17(14(2)28(13)16-8-6-15(24)7-9-16)20(29)26-21-25-18-11-27(12-19(18)32-21)22(30)31-23(3,4)5/h6-10H,11-12H2,1-5H3,(H,25,26,29). The number of fused-ring (bicyclic) bond motifs is 1. The van der Waals surface area contributed by atoms with Crippen molar-refractivity contribution in [2.75, 3.05) is 5.32 Å². The van der Waals surface area contributed by atoms with Gasteiger partial charge in [0.1, 0.15) is 11.4 Å². The molecule has 0 radical (unpaired) electrons. The normalized spacial score (nSPS) is 13.2. The number of nitrogens with zero attached hydrogens (tertiary/aromatic N) is 3. The molecule has 0 aliphatic carbocycles. The molecule has 0 atom stereocenters. The number of aromatic nitrogens is 2. The van der Waals surface area contributed by atoms with Gasteiger partial charge in [-0.2, -0.15) is 0 Å². The summed E-state index contributed by atoms with van der Waals surface area (Å²) >= 11 is 1.36. The predicted octanol–water partition coefficient (Wildman–Crippen LogP) is 5.19. The number of amides is 2. The van der Waals surface area contributed by atoms with Crippen LogP contribution in [0.3, 0.4) is 0 Å². The molecule has 3 aromatic rings. The number of nitrogens with one attached hydrogen (secondary N) is 1. The first kappa shape index (κ1) is 22.0. The Morgan fingerprint density at radius 3 is 2.47 bits per heavy atom. The second kappa shape index (κ2) is 8.05. The van der Waals surface area contributed by atoms with Crippen LogP contribution < -0.4 is 5.32 Å². The van der Waals surface area contributed by atoms with Crippen molar-refractivity contribution >= 4 is 28.5 Å². The Kier molecular flexibility index (Phi) is 5.54. The lowest BCUT2D eigenvalue weighted by atomic mass is 10.2. The van der Waals surface area contributed by atoms with Gasteiger partial charge in [0.05, 0.1) is 29.2 Å². The van der Waals surface area contributed by atoms with E-state index >= 15 is 0 Å². The highest BCUT2D eigenvalue weighted by Gasteiger charge is 2.31. The van der Waals surface area contributed by atoms with Crippen LogP contribution in [-0.4, -0.2) is 32.1 Å². The number of carbonyl (C=O) groups excluding carboxylic acids is 2. The third-order valence-electron chi connectivity index (χ3n) is 5.09. The molecule has 1 aliphatic heterocycles. The van der Waals surface area contributed by atoms with Crippen LogP contribution in [0.1, 0.15) is 53.1 Å². The molecule has 7 nitrogen and oxygen atoms in total. The van der Waals surface area contributed by atoms with Crippen molar-refractivity contribution in [2.24, 2.45) is 0 Å². The summed E-state index contributed by atoms with van der Waals surface area (Å²) in [5, 5.41) is 3.37. The van der Waals surface area contributed by atoms with E-state index in [0.29, 0.717) is 23.8 Å². The lowest BCUT2D eigenvalue weighted by Gasteiger charge is -2.24. The second-order valence-corrected chi connectivity index (χ2v) is 9.86. The van der Waals surface area contributed by atoms with Crippen molar-refractivity contribution in [1.29, 1.82) is 0 Å². The molecule has 0 fully saturated rings. The molecule has 1 aliphatic rings. The Hall–Kier alpha value is -3.20. The van der Waals surface area contributed by atoms with Gasteiger partial charge in [0.2, 0.25) is 0 Å². The van der Waals surface area contributed by atoms with Crippen molar-refractivity contribution in [1.82, 2.24) is 14.5 Å². The number of anilines is 1. The minimum absolute atomic E-state index is 0.261. The molecule has 32 heavy (non-hydrogen) atoms. The van der Waals surface area contributed by atoms with Crippen LogP contribution in [0.4, 0.5) is 14.3 Å². The van der Waals surface area contributed by atoms with E-state index < -0.39 is 5.60 Å². The van der Waals surface area contributed by atoms with Gasteiger partial charge in [-0.25, -0.2) is 14.2 Å². The van der Waals surface area contributed by atoms with E-state index in [-0.39, 0.29) is 17.8 Å². The van der Waals surface area contributed by atoms with Gasteiger partial charge >= 0.3 is 6.09 Å². The fourth-order valence-corrected chi connectivity index (χ4v) is 4.68. The number of halogens is 1. The zero-order valence-corrected chi connectivity index (χ0v) is 19.5.